The number of carbonyl (C=O) groups is 2. The molecule has 38 heavy (non-hydrogen) atoms. The van der Waals surface area contributed by atoms with Gasteiger partial charge in [0.25, 0.3) is 5.91 Å². The molecule has 4 rings (SSSR count). The first-order valence-corrected chi connectivity index (χ1v) is 13.3. The van der Waals surface area contributed by atoms with E-state index in [1.54, 1.807) is 0 Å². The molecule has 2 heterocycles. The molecule has 0 unspecified atom stereocenters. The number of ether oxygens (including phenoxy) is 1. The van der Waals surface area contributed by atoms with Crippen molar-refractivity contribution in [2.24, 2.45) is 5.92 Å². The van der Waals surface area contributed by atoms with E-state index in [0.29, 0.717) is 0 Å². The zero-order chi connectivity index (χ0) is 27.6. The van der Waals surface area contributed by atoms with Crippen LogP contribution in [0, 0.1) is 11.7 Å². The number of halogens is 1. The molecule has 1 saturated carbocycles. The van der Waals surface area contributed by atoms with Gasteiger partial charge in [0.1, 0.15) is 16.5 Å². The summed E-state index contributed by atoms with van der Waals surface area (Å²) in [6.45, 7) is 3.08. The lowest BCUT2D eigenvalue weighted by atomic mass is 10.1. The number of aromatic nitrogens is 3. The summed E-state index contributed by atoms with van der Waals surface area (Å²) in [5.74, 6) is -1.18. The van der Waals surface area contributed by atoms with Crippen LogP contribution in [0.2, 0.25) is 0 Å². The second-order valence-corrected chi connectivity index (χ2v) is 11.4. The first-order valence-electron chi connectivity index (χ1n) is 11.8. The third-order valence-electron chi connectivity index (χ3n) is 5.96. The van der Waals surface area contributed by atoms with E-state index >= 15 is 4.39 Å². The van der Waals surface area contributed by atoms with E-state index < -0.39 is 26.8 Å². The van der Waals surface area contributed by atoms with Crippen LogP contribution in [0.1, 0.15) is 37.0 Å². The Labute approximate surface area is 219 Å². The van der Waals surface area contributed by atoms with Crippen LogP contribution in [0.15, 0.2) is 41.7 Å². The molecule has 2 aromatic heterocycles. The lowest BCUT2D eigenvalue weighted by Crippen LogP contribution is -2.20. The van der Waals surface area contributed by atoms with Gasteiger partial charge in [-0.3, -0.25) is 9.59 Å². The molecule has 0 saturated heterocycles. The molecule has 1 aliphatic carbocycles. The highest BCUT2D eigenvalue weighted by Gasteiger charge is 2.30. The molecule has 0 spiro atoms. The molecule has 0 aliphatic heterocycles. The normalized spacial score (nSPS) is 13.2. The van der Waals surface area contributed by atoms with Gasteiger partial charge in [-0.2, -0.15) is 0 Å². The number of nitrogens with zero attached hydrogens (tertiary/aromatic N) is 3. The summed E-state index contributed by atoms with van der Waals surface area (Å²) in [7, 11) is -0.824. The summed E-state index contributed by atoms with van der Waals surface area (Å²) in [5.41, 5.74) is 0.607. The SMILES string of the molecule is CNC(=O)c1cnc(NC(=O)C2CC2)cc1Nc1ccc(F)c(-c2ncc(S(=O)(=O)C(C)C)cn2)c1OC. The van der Waals surface area contributed by atoms with Crippen molar-refractivity contribution in [1.29, 1.82) is 0 Å². The molecule has 1 aromatic carbocycles. The van der Waals surface area contributed by atoms with Crippen molar-refractivity contribution in [2.45, 2.75) is 36.8 Å². The molecule has 3 aromatic rings. The monoisotopic (exact) mass is 542 g/mol. The van der Waals surface area contributed by atoms with Gasteiger partial charge in [-0.15, -0.1) is 0 Å². The van der Waals surface area contributed by atoms with Gasteiger partial charge < -0.3 is 20.7 Å². The van der Waals surface area contributed by atoms with Crippen LogP contribution < -0.4 is 20.7 Å². The highest BCUT2D eigenvalue weighted by atomic mass is 32.2. The summed E-state index contributed by atoms with van der Waals surface area (Å²) < 4.78 is 45.4. The Balaban J connectivity index is 1.74. The van der Waals surface area contributed by atoms with Gasteiger partial charge >= 0.3 is 0 Å². The number of methoxy groups -OCH3 is 1. The van der Waals surface area contributed by atoms with Crippen molar-refractivity contribution in [3.8, 4) is 17.1 Å². The average Bonchev–Trinajstić information content (AvgIpc) is 3.75. The highest BCUT2D eigenvalue weighted by molar-refractivity contribution is 7.92. The molecular weight excluding hydrogens is 515 g/mol. The third kappa shape index (κ3) is 5.42. The molecule has 200 valence electrons. The molecule has 0 atom stereocenters. The van der Waals surface area contributed by atoms with Crippen LogP contribution in [0.25, 0.3) is 11.4 Å². The molecule has 11 nitrogen and oxygen atoms in total. The first kappa shape index (κ1) is 26.9. The van der Waals surface area contributed by atoms with Crippen molar-refractivity contribution >= 4 is 38.8 Å². The van der Waals surface area contributed by atoms with Crippen molar-refractivity contribution in [3.63, 3.8) is 0 Å². The predicted molar refractivity (Wildman–Crippen MR) is 139 cm³/mol. The maximum absolute atomic E-state index is 15.0. The van der Waals surface area contributed by atoms with Crippen molar-refractivity contribution in [3.05, 3.63) is 48.2 Å². The molecule has 1 aliphatic rings. The molecular formula is C25H27FN6O5S. The van der Waals surface area contributed by atoms with Crippen molar-refractivity contribution in [2.75, 3.05) is 24.8 Å². The summed E-state index contributed by atoms with van der Waals surface area (Å²) >= 11 is 0. The van der Waals surface area contributed by atoms with Gasteiger partial charge in [-0.25, -0.2) is 27.8 Å². The van der Waals surface area contributed by atoms with Crippen LogP contribution >= 0.6 is 0 Å². The number of nitrogens with one attached hydrogen (secondary N) is 3. The maximum atomic E-state index is 15.0. The fourth-order valence-electron chi connectivity index (χ4n) is 3.60. The molecule has 1 fully saturated rings. The molecule has 3 N–H and O–H groups in total. The summed E-state index contributed by atoms with van der Waals surface area (Å²) in [5, 5.41) is 7.64. The predicted octanol–water partition coefficient (Wildman–Crippen LogP) is 3.32. The van der Waals surface area contributed by atoms with Crippen LogP contribution in [0.4, 0.5) is 21.6 Å². The van der Waals surface area contributed by atoms with E-state index in [1.165, 1.54) is 52.4 Å². The van der Waals surface area contributed by atoms with Gasteiger partial charge in [0.05, 0.1) is 34.9 Å². The number of benzene rings is 1. The van der Waals surface area contributed by atoms with Gasteiger partial charge in [0, 0.05) is 37.6 Å². The molecule has 13 heteroatoms. The topological polar surface area (TPSA) is 152 Å². The lowest BCUT2D eigenvalue weighted by molar-refractivity contribution is -0.117. The minimum Gasteiger partial charge on any atom is -0.494 e. The Morgan fingerprint density at radius 1 is 1.08 bits per heavy atom. The Bertz CT molecular complexity index is 1490. The second-order valence-electron chi connectivity index (χ2n) is 8.92. The highest BCUT2D eigenvalue weighted by Crippen LogP contribution is 2.39. The van der Waals surface area contributed by atoms with Gasteiger partial charge in [-0.1, -0.05) is 0 Å². The number of rotatable bonds is 9. The summed E-state index contributed by atoms with van der Waals surface area (Å²) in [6, 6.07) is 4.07. The Morgan fingerprint density at radius 3 is 2.34 bits per heavy atom. The van der Waals surface area contributed by atoms with Gasteiger partial charge in [0.2, 0.25) is 5.91 Å². The van der Waals surface area contributed by atoms with Crippen molar-refractivity contribution in [1.82, 2.24) is 20.3 Å². The molecule has 2 amide bonds. The van der Waals surface area contributed by atoms with Crippen LogP contribution in [0.5, 0.6) is 5.75 Å². The number of anilines is 3. The van der Waals surface area contributed by atoms with Gasteiger partial charge in [-0.05, 0) is 38.8 Å². The van der Waals surface area contributed by atoms with Crippen LogP contribution in [-0.4, -0.2) is 54.6 Å². The number of amides is 2. The number of sulfone groups is 1. The van der Waals surface area contributed by atoms with E-state index in [-0.39, 0.29) is 56.6 Å². The quantitative estimate of drug-likeness (QED) is 0.370. The lowest BCUT2D eigenvalue weighted by Gasteiger charge is -2.18. The minimum absolute atomic E-state index is 0.0210. The Hall–Kier alpha value is -4.13. The fourth-order valence-corrected chi connectivity index (χ4v) is 4.55. The number of hydrogen-bond donors (Lipinski definition) is 3. The smallest absolute Gasteiger partial charge is 0.254 e. The van der Waals surface area contributed by atoms with Crippen LogP contribution in [0.3, 0.4) is 0 Å². The van der Waals surface area contributed by atoms with E-state index in [2.05, 4.69) is 30.9 Å². The van der Waals surface area contributed by atoms with Crippen molar-refractivity contribution < 1.29 is 27.1 Å². The first-order chi connectivity index (χ1) is 18.1. The van der Waals surface area contributed by atoms with Crippen LogP contribution in [-0.2, 0) is 14.6 Å². The molecule has 0 bridgehead atoms. The zero-order valence-electron chi connectivity index (χ0n) is 21.2. The van der Waals surface area contributed by atoms with E-state index in [4.69, 9.17) is 4.74 Å². The van der Waals surface area contributed by atoms with E-state index in [1.807, 2.05) is 0 Å². The zero-order valence-corrected chi connectivity index (χ0v) is 22.0. The summed E-state index contributed by atoms with van der Waals surface area (Å²) in [4.78, 5) is 37.0. The number of pyridine rings is 1. The standard InChI is InChI=1S/C25H27FN6O5S/c1-13(2)38(35,36)15-10-29-23(30-11-15)21-17(26)7-8-18(22(21)37-4)31-19-9-20(32-24(33)14-5-6-14)28-12-16(19)25(34)27-3/h7-14H,5-6H2,1-4H3,(H,27,34)(H2,28,31,32,33). The minimum atomic E-state index is -3.62. The fraction of sp³-hybridized carbons (Fsp3) is 0.320. The number of hydrogen-bond acceptors (Lipinski definition) is 9. The Morgan fingerprint density at radius 2 is 1.76 bits per heavy atom. The summed E-state index contributed by atoms with van der Waals surface area (Å²) in [6.07, 6.45) is 5.19. The van der Waals surface area contributed by atoms with Gasteiger partial charge in [0.15, 0.2) is 21.4 Å². The van der Waals surface area contributed by atoms with E-state index in [0.717, 1.165) is 25.2 Å². The largest absolute Gasteiger partial charge is 0.494 e. The average molecular weight is 543 g/mol. The second kappa shape index (κ2) is 10.7. The maximum Gasteiger partial charge on any atom is 0.254 e. The third-order valence-corrected chi connectivity index (χ3v) is 8.07. The number of carbonyl (C=O) groups excluding carboxylic acids is 2. The molecule has 0 radical (unpaired) electrons. The Kier molecular flexibility index (Phi) is 7.58. The van der Waals surface area contributed by atoms with E-state index in [9.17, 15) is 18.0 Å².